The van der Waals surface area contributed by atoms with E-state index in [2.05, 4.69) is 15.3 Å². The lowest BCUT2D eigenvalue weighted by atomic mass is 10.1. The lowest BCUT2D eigenvalue weighted by Crippen LogP contribution is -2.37. The van der Waals surface area contributed by atoms with Gasteiger partial charge >= 0.3 is 0 Å². The van der Waals surface area contributed by atoms with E-state index in [1.165, 1.54) is 11.3 Å². The highest BCUT2D eigenvalue weighted by atomic mass is 32.1. The number of aromatic nitrogens is 2. The van der Waals surface area contributed by atoms with E-state index in [9.17, 15) is 14.4 Å². The van der Waals surface area contributed by atoms with Gasteiger partial charge in [-0.1, -0.05) is 12.1 Å². The number of nitrogens with one attached hydrogen (secondary N) is 1. The SMILES string of the molecule is O=C(CN1C(=O)c2ccccc2C1=O)Nc1nc(-c2ccncc2)cs1. The quantitative estimate of drug-likeness (QED) is 0.718. The second-order valence-corrected chi connectivity index (χ2v) is 6.42. The van der Waals surface area contributed by atoms with Gasteiger partial charge in [0.1, 0.15) is 6.54 Å². The highest BCUT2D eigenvalue weighted by Crippen LogP contribution is 2.25. The van der Waals surface area contributed by atoms with Crippen molar-refractivity contribution in [1.82, 2.24) is 14.9 Å². The average molecular weight is 364 g/mol. The molecule has 0 radical (unpaired) electrons. The summed E-state index contributed by atoms with van der Waals surface area (Å²) in [7, 11) is 0. The average Bonchev–Trinajstić information content (AvgIpc) is 3.22. The number of imide groups is 1. The van der Waals surface area contributed by atoms with Gasteiger partial charge in [-0.25, -0.2) is 4.98 Å². The van der Waals surface area contributed by atoms with Crippen LogP contribution in [0.25, 0.3) is 11.3 Å². The first-order valence-corrected chi connectivity index (χ1v) is 8.62. The zero-order valence-electron chi connectivity index (χ0n) is 13.4. The summed E-state index contributed by atoms with van der Waals surface area (Å²) >= 11 is 1.27. The fourth-order valence-electron chi connectivity index (χ4n) is 2.67. The van der Waals surface area contributed by atoms with Crippen molar-refractivity contribution in [2.24, 2.45) is 0 Å². The number of anilines is 1. The molecule has 1 N–H and O–H groups in total. The first-order valence-electron chi connectivity index (χ1n) is 7.74. The zero-order chi connectivity index (χ0) is 18.1. The van der Waals surface area contributed by atoms with E-state index in [0.717, 1.165) is 10.5 Å². The molecule has 0 saturated carbocycles. The highest BCUT2D eigenvalue weighted by molar-refractivity contribution is 7.14. The Morgan fingerprint density at radius 1 is 1.04 bits per heavy atom. The molecule has 26 heavy (non-hydrogen) atoms. The van der Waals surface area contributed by atoms with Crippen molar-refractivity contribution in [3.05, 3.63) is 65.3 Å². The number of hydrogen-bond donors (Lipinski definition) is 1. The van der Waals surface area contributed by atoms with Crippen LogP contribution < -0.4 is 5.32 Å². The summed E-state index contributed by atoms with van der Waals surface area (Å²) in [6, 6.07) is 10.2. The molecular weight excluding hydrogens is 352 g/mol. The van der Waals surface area contributed by atoms with Crippen LogP contribution in [0.2, 0.25) is 0 Å². The Bertz CT molecular complexity index is 981. The van der Waals surface area contributed by atoms with Crippen LogP contribution in [0.3, 0.4) is 0 Å². The van der Waals surface area contributed by atoms with Gasteiger partial charge in [0.25, 0.3) is 11.8 Å². The van der Waals surface area contributed by atoms with Gasteiger partial charge in [0.15, 0.2) is 5.13 Å². The van der Waals surface area contributed by atoms with Crippen LogP contribution in [0.1, 0.15) is 20.7 Å². The van der Waals surface area contributed by atoms with Crippen LogP contribution >= 0.6 is 11.3 Å². The predicted octanol–water partition coefficient (Wildman–Crippen LogP) is 2.44. The van der Waals surface area contributed by atoms with E-state index >= 15 is 0 Å². The molecule has 8 heteroatoms. The van der Waals surface area contributed by atoms with Crippen molar-refractivity contribution < 1.29 is 14.4 Å². The molecule has 1 aliphatic rings. The minimum Gasteiger partial charge on any atom is -0.300 e. The van der Waals surface area contributed by atoms with E-state index in [1.54, 1.807) is 36.7 Å². The molecule has 3 aromatic rings. The molecule has 1 aliphatic heterocycles. The normalized spacial score (nSPS) is 13.0. The van der Waals surface area contributed by atoms with Gasteiger partial charge in [0.2, 0.25) is 5.91 Å². The minimum atomic E-state index is -0.477. The number of pyridine rings is 1. The number of carbonyl (C=O) groups is 3. The Morgan fingerprint density at radius 3 is 2.35 bits per heavy atom. The molecule has 0 saturated heterocycles. The number of fused-ring (bicyclic) bond motifs is 1. The first kappa shape index (κ1) is 16.1. The maximum absolute atomic E-state index is 12.3. The third-order valence-electron chi connectivity index (χ3n) is 3.91. The molecule has 3 amide bonds. The van der Waals surface area contributed by atoms with Crippen LogP contribution in [-0.4, -0.2) is 39.1 Å². The summed E-state index contributed by atoms with van der Waals surface area (Å²) in [4.78, 5) is 46.1. The molecule has 0 bridgehead atoms. The van der Waals surface area contributed by atoms with Gasteiger partial charge < -0.3 is 5.32 Å². The number of benzene rings is 1. The number of thiazole rings is 1. The van der Waals surface area contributed by atoms with E-state index in [0.29, 0.717) is 22.0 Å². The Kier molecular flexibility index (Phi) is 4.02. The van der Waals surface area contributed by atoms with Gasteiger partial charge in [-0.05, 0) is 24.3 Å². The monoisotopic (exact) mass is 364 g/mol. The van der Waals surface area contributed by atoms with Crippen molar-refractivity contribution in [3.63, 3.8) is 0 Å². The highest BCUT2D eigenvalue weighted by Gasteiger charge is 2.36. The topological polar surface area (TPSA) is 92.3 Å². The Hall–Kier alpha value is -3.39. The molecule has 0 spiro atoms. The van der Waals surface area contributed by atoms with Crippen LogP contribution in [-0.2, 0) is 4.79 Å². The molecule has 7 nitrogen and oxygen atoms in total. The van der Waals surface area contributed by atoms with Gasteiger partial charge in [-0.2, -0.15) is 0 Å². The molecular formula is C18H12N4O3S. The van der Waals surface area contributed by atoms with Crippen LogP contribution in [0.4, 0.5) is 5.13 Å². The number of amides is 3. The molecule has 0 atom stereocenters. The number of hydrogen-bond acceptors (Lipinski definition) is 6. The first-order chi connectivity index (χ1) is 12.6. The Labute approximate surface area is 152 Å². The molecule has 4 rings (SSSR count). The molecule has 1 aromatic carbocycles. The Morgan fingerprint density at radius 2 is 1.69 bits per heavy atom. The third kappa shape index (κ3) is 2.86. The predicted molar refractivity (Wildman–Crippen MR) is 95.8 cm³/mol. The third-order valence-corrected chi connectivity index (χ3v) is 4.66. The van der Waals surface area contributed by atoms with E-state index < -0.39 is 17.7 Å². The molecule has 0 unspecified atom stereocenters. The van der Waals surface area contributed by atoms with Crippen molar-refractivity contribution in [2.45, 2.75) is 0 Å². The van der Waals surface area contributed by atoms with Crippen molar-refractivity contribution in [3.8, 4) is 11.3 Å². The van der Waals surface area contributed by atoms with E-state index in [1.807, 2.05) is 17.5 Å². The summed E-state index contributed by atoms with van der Waals surface area (Å²) in [5.41, 5.74) is 2.24. The molecule has 0 aliphatic carbocycles. The maximum Gasteiger partial charge on any atom is 0.262 e. The largest absolute Gasteiger partial charge is 0.300 e. The second kappa shape index (κ2) is 6.49. The van der Waals surface area contributed by atoms with Gasteiger partial charge in [-0.15, -0.1) is 11.3 Å². The lowest BCUT2D eigenvalue weighted by Gasteiger charge is -2.12. The smallest absolute Gasteiger partial charge is 0.262 e. The van der Waals surface area contributed by atoms with Crippen molar-refractivity contribution in [1.29, 1.82) is 0 Å². The number of nitrogens with zero attached hydrogens (tertiary/aromatic N) is 3. The second-order valence-electron chi connectivity index (χ2n) is 5.56. The molecule has 0 fully saturated rings. The van der Waals surface area contributed by atoms with Crippen LogP contribution in [0, 0.1) is 0 Å². The van der Waals surface area contributed by atoms with Crippen LogP contribution in [0.5, 0.6) is 0 Å². The maximum atomic E-state index is 12.3. The van der Waals surface area contributed by atoms with Gasteiger partial charge in [0, 0.05) is 23.3 Å². The van der Waals surface area contributed by atoms with Crippen LogP contribution in [0.15, 0.2) is 54.2 Å². The summed E-state index contributed by atoms with van der Waals surface area (Å²) < 4.78 is 0. The van der Waals surface area contributed by atoms with Gasteiger partial charge in [0.05, 0.1) is 16.8 Å². The molecule has 2 aromatic heterocycles. The number of carbonyl (C=O) groups excluding carboxylic acids is 3. The summed E-state index contributed by atoms with van der Waals surface area (Å²) in [5.74, 6) is -1.40. The molecule has 3 heterocycles. The van der Waals surface area contributed by atoms with Gasteiger partial charge in [-0.3, -0.25) is 24.3 Å². The minimum absolute atomic E-state index is 0.319. The number of rotatable bonds is 4. The van der Waals surface area contributed by atoms with Crippen molar-refractivity contribution in [2.75, 3.05) is 11.9 Å². The lowest BCUT2D eigenvalue weighted by molar-refractivity contribution is -0.116. The summed E-state index contributed by atoms with van der Waals surface area (Å²) in [6.07, 6.45) is 3.32. The standard InChI is InChI=1S/C18H12N4O3S/c23-15(9-22-16(24)12-3-1-2-4-13(12)17(22)25)21-18-20-14(10-26-18)11-5-7-19-8-6-11/h1-8,10H,9H2,(H,20,21,23). The molecule has 128 valence electrons. The Balaban J connectivity index is 1.45. The van der Waals surface area contributed by atoms with Crippen molar-refractivity contribution >= 4 is 34.2 Å². The van der Waals surface area contributed by atoms with E-state index in [4.69, 9.17) is 0 Å². The van der Waals surface area contributed by atoms with E-state index in [-0.39, 0.29) is 6.54 Å². The summed E-state index contributed by atoms with van der Waals surface area (Å²) in [6.45, 7) is -0.351. The fraction of sp³-hybridized carbons (Fsp3) is 0.0556. The zero-order valence-corrected chi connectivity index (χ0v) is 14.2. The summed E-state index contributed by atoms with van der Waals surface area (Å²) in [5, 5.41) is 4.85. The fourth-order valence-corrected chi connectivity index (χ4v) is 3.41.